The summed E-state index contributed by atoms with van der Waals surface area (Å²) >= 11 is 3.29. The van der Waals surface area contributed by atoms with Gasteiger partial charge in [-0.2, -0.15) is 9.40 Å². The van der Waals surface area contributed by atoms with Crippen LogP contribution in [0.25, 0.3) is 0 Å². The maximum atomic E-state index is 12.8. The summed E-state index contributed by atoms with van der Waals surface area (Å²) in [7, 11) is -1.97. The number of anilines is 1. The van der Waals surface area contributed by atoms with Gasteiger partial charge in [-0.05, 0) is 37.1 Å². The number of rotatable bonds is 4. The van der Waals surface area contributed by atoms with Gasteiger partial charge in [0.05, 0.1) is 4.90 Å². The Labute approximate surface area is 148 Å². The second-order valence-corrected chi connectivity index (χ2v) is 8.40. The van der Waals surface area contributed by atoms with Crippen LogP contribution >= 0.6 is 15.9 Å². The summed E-state index contributed by atoms with van der Waals surface area (Å²) in [4.78, 5) is 12.7. The van der Waals surface area contributed by atoms with E-state index in [2.05, 4.69) is 26.3 Å². The smallest absolute Gasteiger partial charge is 0.244 e. The maximum absolute atomic E-state index is 12.8. The molecule has 128 valence electrons. The van der Waals surface area contributed by atoms with Gasteiger partial charge in [0, 0.05) is 30.3 Å². The van der Waals surface area contributed by atoms with Crippen LogP contribution in [0.4, 0.5) is 5.82 Å². The summed E-state index contributed by atoms with van der Waals surface area (Å²) < 4.78 is 29.3. The molecule has 0 saturated carbocycles. The van der Waals surface area contributed by atoms with Crippen LogP contribution < -0.4 is 5.32 Å². The zero-order valence-corrected chi connectivity index (χ0v) is 15.4. The second-order valence-electron chi connectivity index (χ2n) is 5.59. The van der Waals surface area contributed by atoms with Crippen molar-refractivity contribution in [2.75, 3.05) is 11.9 Å². The van der Waals surface area contributed by atoms with E-state index in [4.69, 9.17) is 0 Å². The van der Waals surface area contributed by atoms with Gasteiger partial charge < -0.3 is 5.32 Å². The molecule has 0 radical (unpaired) electrons. The first-order valence-corrected chi connectivity index (χ1v) is 9.69. The van der Waals surface area contributed by atoms with Gasteiger partial charge in [0.1, 0.15) is 6.04 Å². The number of sulfonamides is 1. The molecule has 3 rings (SSSR count). The largest absolute Gasteiger partial charge is 0.308 e. The lowest BCUT2D eigenvalue weighted by atomic mass is 10.2. The zero-order chi connectivity index (χ0) is 17.3. The topological polar surface area (TPSA) is 84.3 Å². The molecule has 1 N–H and O–H groups in total. The van der Waals surface area contributed by atoms with E-state index in [0.29, 0.717) is 25.2 Å². The predicted molar refractivity (Wildman–Crippen MR) is 92.9 cm³/mol. The Bertz CT molecular complexity index is 848. The normalized spacial score (nSPS) is 18.7. The Hall–Kier alpha value is -1.71. The fourth-order valence-electron chi connectivity index (χ4n) is 2.72. The molecule has 1 aromatic carbocycles. The third kappa shape index (κ3) is 3.38. The number of carbonyl (C=O) groups is 1. The highest BCUT2D eigenvalue weighted by Crippen LogP contribution is 2.27. The number of nitrogens with zero attached hydrogens (tertiary/aromatic N) is 3. The fourth-order valence-corrected chi connectivity index (χ4v) is 4.64. The van der Waals surface area contributed by atoms with Crippen LogP contribution in [0, 0.1) is 0 Å². The zero-order valence-electron chi connectivity index (χ0n) is 13.0. The Morgan fingerprint density at radius 3 is 2.62 bits per heavy atom. The molecule has 0 bridgehead atoms. The van der Waals surface area contributed by atoms with Crippen LogP contribution in [-0.4, -0.2) is 41.0 Å². The fraction of sp³-hybridized carbons (Fsp3) is 0.333. The molecule has 7 nitrogen and oxygen atoms in total. The van der Waals surface area contributed by atoms with Crippen molar-refractivity contribution in [3.8, 4) is 0 Å². The molecule has 2 heterocycles. The van der Waals surface area contributed by atoms with Gasteiger partial charge in [-0.15, -0.1) is 0 Å². The highest BCUT2D eigenvalue weighted by Gasteiger charge is 2.39. The number of halogens is 1. The van der Waals surface area contributed by atoms with Crippen LogP contribution in [0.15, 0.2) is 45.9 Å². The number of carbonyl (C=O) groups excluding carboxylic acids is 1. The van der Waals surface area contributed by atoms with Gasteiger partial charge in [-0.3, -0.25) is 9.48 Å². The predicted octanol–water partition coefficient (Wildman–Crippen LogP) is 1.97. The Balaban J connectivity index is 1.81. The van der Waals surface area contributed by atoms with E-state index in [-0.39, 0.29) is 10.8 Å². The number of benzene rings is 1. The van der Waals surface area contributed by atoms with Crippen molar-refractivity contribution >= 4 is 37.7 Å². The van der Waals surface area contributed by atoms with E-state index < -0.39 is 16.1 Å². The van der Waals surface area contributed by atoms with Crippen molar-refractivity contribution in [1.82, 2.24) is 14.1 Å². The molecule has 1 amide bonds. The average molecular weight is 413 g/mol. The molecular formula is C15H17BrN4O3S. The van der Waals surface area contributed by atoms with Gasteiger partial charge in [0.2, 0.25) is 15.9 Å². The van der Waals surface area contributed by atoms with Crippen molar-refractivity contribution < 1.29 is 13.2 Å². The maximum Gasteiger partial charge on any atom is 0.244 e. The lowest BCUT2D eigenvalue weighted by molar-refractivity contribution is -0.119. The minimum atomic E-state index is -3.71. The third-order valence-electron chi connectivity index (χ3n) is 3.89. The van der Waals surface area contributed by atoms with E-state index in [1.807, 2.05) is 0 Å². The SMILES string of the molecule is Cn1ccc(NC(=O)[C@@H]2CCCN2S(=O)(=O)c2ccc(Br)cc2)n1. The van der Waals surface area contributed by atoms with Crippen LogP contribution in [0.2, 0.25) is 0 Å². The number of hydrogen-bond acceptors (Lipinski definition) is 4. The van der Waals surface area contributed by atoms with Crippen molar-refractivity contribution in [2.24, 2.45) is 7.05 Å². The van der Waals surface area contributed by atoms with Crippen molar-refractivity contribution in [3.05, 3.63) is 41.0 Å². The van der Waals surface area contributed by atoms with Crippen molar-refractivity contribution in [1.29, 1.82) is 0 Å². The number of amides is 1. The van der Waals surface area contributed by atoms with Crippen LogP contribution in [0.3, 0.4) is 0 Å². The highest BCUT2D eigenvalue weighted by atomic mass is 79.9. The number of aryl methyl sites for hydroxylation is 1. The van der Waals surface area contributed by atoms with Gasteiger partial charge in [0.25, 0.3) is 0 Å². The summed E-state index contributed by atoms with van der Waals surface area (Å²) in [6.45, 7) is 0.332. The number of hydrogen-bond donors (Lipinski definition) is 1. The van der Waals surface area contributed by atoms with Gasteiger partial charge >= 0.3 is 0 Å². The van der Waals surface area contributed by atoms with Crippen LogP contribution in [-0.2, 0) is 21.9 Å². The summed E-state index contributed by atoms with van der Waals surface area (Å²) in [5.74, 6) is 0.0577. The van der Waals surface area contributed by atoms with E-state index >= 15 is 0 Å². The summed E-state index contributed by atoms with van der Waals surface area (Å²) in [6, 6.07) is 7.36. The Morgan fingerprint density at radius 1 is 1.29 bits per heavy atom. The first-order valence-electron chi connectivity index (χ1n) is 7.46. The first kappa shape index (κ1) is 17.1. The molecule has 1 aliphatic rings. The van der Waals surface area contributed by atoms with Gasteiger partial charge in [-0.25, -0.2) is 8.42 Å². The second kappa shape index (κ2) is 6.66. The summed E-state index contributed by atoms with van der Waals surface area (Å²) in [5, 5.41) is 6.77. The third-order valence-corrected chi connectivity index (χ3v) is 6.34. The number of aromatic nitrogens is 2. The summed E-state index contributed by atoms with van der Waals surface area (Å²) in [6.07, 6.45) is 2.85. The average Bonchev–Trinajstić information content (AvgIpc) is 3.17. The van der Waals surface area contributed by atoms with E-state index in [1.54, 1.807) is 36.1 Å². The molecule has 1 saturated heterocycles. The minimum Gasteiger partial charge on any atom is -0.308 e. The molecule has 0 spiro atoms. The van der Waals surface area contributed by atoms with Crippen molar-refractivity contribution in [3.63, 3.8) is 0 Å². The molecule has 1 aliphatic heterocycles. The van der Waals surface area contributed by atoms with Crippen molar-refractivity contribution in [2.45, 2.75) is 23.8 Å². The van der Waals surface area contributed by atoms with Crippen LogP contribution in [0.5, 0.6) is 0 Å². The molecule has 1 atom stereocenters. The standard InChI is InChI=1S/C15H17BrN4O3S/c1-19-10-8-14(18-19)17-15(21)13-3-2-9-20(13)24(22,23)12-6-4-11(16)5-7-12/h4-8,10,13H,2-3,9H2,1H3,(H,17,18,21)/t13-/m0/s1. The van der Waals surface area contributed by atoms with E-state index in [0.717, 1.165) is 4.47 Å². The monoisotopic (exact) mass is 412 g/mol. The van der Waals surface area contributed by atoms with E-state index in [9.17, 15) is 13.2 Å². The number of nitrogens with one attached hydrogen (secondary N) is 1. The molecule has 0 aliphatic carbocycles. The lowest BCUT2D eigenvalue weighted by Crippen LogP contribution is -2.43. The van der Waals surface area contributed by atoms with E-state index in [1.165, 1.54) is 16.4 Å². The molecule has 2 aromatic rings. The molecule has 9 heteroatoms. The Kier molecular flexibility index (Phi) is 4.75. The lowest BCUT2D eigenvalue weighted by Gasteiger charge is -2.23. The minimum absolute atomic E-state index is 0.184. The molecule has 0 unspecified atom stereocenters. The van der Waals surface area contributed by atoms with Gasteiger partial charge in [0.15, 0.2) is 5.82 Å². The van der Waals surface area contributed by atoms with Crippen LogP contribution in [0.1, 0.15) is 12.8 Å². The first-order chi connectivity index (χ1) is 11.4. The molecule has 1 aromatic heterocycles. The highest BCUT2D eigenvalue weighted by molar-refractivity contribution is 9.10. The summed E-state index contributed by atoms with van der Waals surface area (Å²) in [5.41, 5.74) is 0. The molecular weight excluding hydrogens is 396 g/mol. The molecule has 24 heavy (non-hydrogen) atoms. The molecule has 1 fully saturated rings. The quantitative estimate of drug-likeness (QED) is 0.831. The van der Waals surface area contributed by atoms with Gasteiger partial charge in [-0.1, -0.05) is 15.9 Å². The Morgan fingerprint density at radius 2 is 2.00 bits per heavy atom.